The first-order valence-corrected chi connectivity index (χ1v) is 8.52. The summed E-state index contributed by atoms with van der Waals surface area (Å²) in [7, 11) is 1.30. The summed E-state index contributed by atoms with van der Waals surface area (Å²) in [5.74, 6) is 0.207. The molecule has 1 atom stereocenters. The second kappa shape index (κ2) is 7.87. The summed E-state index contributed by atoms with van der Waals surface area (Å²) in [4.78, 5) is 25.2. The maximum Gasteiger partial charge on any atom is 0.289 e. The number of aryl methyl sites for hydroxylation is 1. The summed E-state index contributed by atoms with van der Waals surface area (Å²) in [6.45, 7) is -0.829. The van der Waals surface area contributed by atoms with Crippen LogP contribution in [0.5, 0.6) is 0 Å². The van der Waals surface area contributed by atoms with Crippen molar-refractivity contribution in [1.82, 2.24) is 9.13 Å². The van der Waals surface area contributed by atoms with Crippen LogP contribution in [0.25, 0.3) is 10.9 Å². The number of fused-ring (bicyclic) bond motifs is 1. The van der Waals surface area contributed by atoms with E-state index < -0.39 is 41.2 Å². The molecule has 9 heteroatoms. The second-order valence-corrected chi connectivity index (χ2v) is 6.39. The minimum atomic E-state index is -1.27. The number of nitrogens with zero attached hydrogens (tertiary/aromatic N) is 2. The van der Waals surface area contributed by atoms with Crippen LogP contribution in [0.15, 0.2) is 40.1 Å². The summed E-state index contributed by atoms with van der Waals surface area (Å²) < 4.78 is 31.2. The van der Waals surface area contributed by atoms with Gasteiger partial charge in [-0.2, -0.15) is 4.39 Å². The van der Waals surface area contributed by atoms with Gasteiger partial charge in [-0.1, -0.05) is 5.92 Å². The van der Waals surface area contributed by atoms with Crippen LogP contribution in [0.4, 0.5) is 20.2 Å². The van der Waals surface area contributed by atoms with E-state index in [9.17, 15) is 23.5 Å². The summed E-state index contributed by atoms with van der Waals surface area (Å²) in [5.41, 5.74) is -2.03. The van der Waals surface area contributed by atoms with Gasteiger partial charge in [-0.05, 0) is 24.3 Å². The number of pyridine rings is 2. The van der Waals surface area contributed by atoms with Gasteiger partial charge in [0.25, 0.3) is 11.1 Å². The van der Waals surface area contributed by atoms with E-state index in [1.54, 1.807) is 0 Å². The molecule has 29 heavy (non-hydrogen) atoms. The molecular formula is C20H17F2N3O4. The van der Waals surface area contributed by atoms with Crippen LogP contribution in [0.2, 0.25) is 0 Å². The van der Waals surface area contributed by atoms with Crippen molar-refractivity contribution in [1.29, 1.82) is 0 Å². The SMILES string of the molecule is C#Cc1ccc(Nc2c(F)c(=O)n(C)c3ccn(C[C@H](O)CO)c(=O)c23)c(F)c1. The van der Waals surface area contributed by atoms with Crippen LogP contribution in [0, 0.1) is 24.0 Å². The van der Waals surface area contributed by atoms with Crippen molar-refractivity contribution in [2.24, 2.45) is 7.05 Å². The van der Waals surface area contributed by atoms with Crippen LogP contribution >= 0.6 is 0 Å². The van der Waals surface area contributed by atoms with E-state index in [1.165, 1.54) is 31.4 Å². The Balaban J connectivity index is 2.27. The molecule has 3 N–H and O–H groups in total. The third-order valence-electron chi connectivity index (χ3n) is 4.48. The lowest BCUT2D eigenvalue weighted by Crippen LogP contribution is -2.31. The third-order valence-corrected chi connectivity index (χ3v) is 4.48. The van der Waals surface area contributed by atoms with E-state index in [-0.39, 0.29) is 28.7 Å². The number of halogens is 2. The molecule has 1 aromatic carbocycles. The standard InChI is InChI=1S/C20H17F2N3O4/c1-3-11-4-5-14(13(21)8-11)23-18-16-15(24(2)20(29)17(18)22)6-7-25(19(16)28)9-12(27)10-26/h1,4-8,12,23,26-27H,9-10H2,2H3/t12-/m0/s1. The van der Waals surface area contributed by atoms with Crippen molar-refractivity contribution in [3.63, 3.8) is 0 Å². The highest BCUT2D eigenvalue weighted by atomic mass is 19.1. The van der Waals surface area contributed by atoms with Crippen LogP contribution in [-0.4, -0.2) is 32.1 Å². The number of aliphatic hydroxyl groups is 2. The summed E-state index contributed by atoms with van der Waals surface area (Å²) in [6, 6.07) is 5.14. The van der Waals surface area contributed by atoms with Crippen LogP contribution in [0.1, 0.15) is 5.56 Å². The lowest BCUT2D eigenvalue weighted by Gasteiger charge is -2.16. The molecule has 0 aliphatic carbocycles. The van der Waals surface area contributed by atoms with E-state index in [1.807, 2.05) is 0 Å². The van der Waals surface area contributed by atoms with Gasteiger partial charge in [0.05, 0.1) is 41.5 Å². The van der Waals surface area contributed by atoms with Crippen molar-refractivity contribution in [2.45, 2.75) is 12.6 Å². The van der Waals surface area contributed by atoms with Gasteiger partial charge in [0, 0.05) is 18.8 Å². The molecule has 3 aromatic rings. The van der Waals surface area contributed by atoms with Crippen LogP contribution in [-0.2, 0) is 13.6 Å². The molecule has 0 spiro atoms. The Morgan fingerprint density at radius 2 is 1.97 bits per heavy atom. The Bertz CT molecular complexity index is 1260. The van der Waals surface area contributed by atoms with Gasteiger partial charge >= 0.3 is 0 Å². The molecule has 2 heterocycles. The van der Waals surface area contributed by atoms with Crippen molar-refractivity contribution in [3.8, 4) is 12.3 Å². The first-order valence-electron chi connectivity index (χ1n) is 8.52. The number of anilines is 2. The van der Waals surface area contributed by atoms with Gasteiger partial charge in [-0.25, -0.2) is 4.39 Å². The normalized spacial score (nSPS) is 12.0. The van der Waals surface area contributed by atoms with Crippen molar-refractivity contribution in [3.05, 3.63) is 68.4 Å². The zero-order valence-corrected chi connectivity index (χ0v) is 15.3. The van der Waals surface area contributed by atoms with Crippen LogP contribution < -0.4 is 16.4 Å². The molecule has 0 saturated carbocycles. The second-order valence-electron chi connectivity index (χ2n) is 6.39. The number of aromatic nitrogens is 2. The lowest BCUT2D eigenvalue weighted by atomic mass is 10.1. The number of hydrogen-bond acceptors (Lipinski definition) is 5. The van der Waals surface area contributed by atoms with E-state index in [4.69, 9.17) is 11.5 Å². The minimum Gasteiger partial charge on any atom is -0.394 e. The van der Waals surface area contributed by atoms with Gasteiger partial charge in [0.15, 0.2) is 0 Å². The highest BCUT2D eigenvalue weighted by Gasteiger charge is 2.20. The molecule has 0 amide bonds. The van der Waals surface area contributed by atoms with E-state index in [0.717, 1.165) is 15.2 Å². The Kier molecular flexibility index (Phi) is 5.50. The van der Waals surface area contributed by atoms with E-state index >= 15 is 0 Å². The third kappa shape index (κ3) is 3.63. The Labute approximate surface area is 163 Å². The number of terminal acetylenes is 1. The Morgan fingerprint density at radius 1 is 1.24 bits per heavy atom. The fourth-order valence-corrected chi connectivity index (χ4v) is 2.94. The molecular weight excluding hydrogens is 384 g/mol. The van der Waals surface area contributed by atoms with Crippen molar-refractivity contribution < 1.29 is 19.0 Å². The van der Waals surface area contributed by atoms with Gasteiger partial charge in [-0.3, -0.25) is 9.59 Å². The Morgan fingerprint density at radius 3 is 2.59 bits per heavy atom. The fraction of sp³-hybridized carbons (Fsp3) is 0.200. The molecule has 0 aliphatic rings. The van der Waals surface area contributed by atoms with Crippen molar-refractivity contribution >= 4 is 22.3 Å². The topological polar surface area (TPSA) is 96.5 Å². The summed E-state index contributed by atoms with van der Waals surface area (Å²) in [5, 5.41) is 20.9. The molecule has 0 unspecified atom stereocenters. The maximum atomic E-state index is 14.8. The minimum absolute atomic E-state index is 0.110. The first-order chi connectivity index (χ1) is 13.8. The number of rotatable bonds is 5. The maximum absolute atomic E-state index is 14.8. The average Bonchev–Trinajstić information content (AvgIpc) is 2.72. The summed E-state index contributed by atoms with van der Waals surface area (Å²) >= 11 is 0. The zero-order chi connectivity index (χ0) is 21.3. The molecule has 0 bridgehead atoms. The summed E-state index contributed by atoms with van der Waals surface area (Å²) in [6.07, 6.45) is 5.32. The van der Waals surface area contributed by atoms with E-state index in [0.29, 0.717) is 0 Å². The number of aliphatic hydroxyl groups excluding tert-OH is 2. The highest BCUT2D eigenvalue weighted by molar-refractivity contribution is 5.92. The molecule has 150 valence electrons. The molecule has 0 fully saturated rings. The first kappa shape index (κ1) is 20.3. The van der Waals surface area contributed by atoms with Crippen molar-refractivity contribution in [2.75, 3.05) is 11.9 Å². The quantitative estimate of drug-likeness (QED) is 0.556. The predicted molar refractivity (Wildman–Crippen MR) is 104 cm³/mol. The molecule has 0 saturated heterocycles. The molecule has 3 rings (SSSR count). The largest absolute Gasteiger partial charge is 0.394 e. The highest BCUT2D eigenvalue weighted by Crippen LogP contribution is 2.27. The molecule has 7 nitrogen and oxygen atoms in total. The fourth-order valence-electron chi connectivity index (χ4n) is 2.94. The van der Waals surface area contributed by atoms with Gasteiger partial charge in [0.2, 0.25) is 5.82 Å². The van der Waals surface area contributed by atoms with Gasteiger partial charge in [-0.15, -0.1) is 6.42 Å². The molecule has 2 aromatic heterocycles. The average molecular weight is 401 g/mol. The number of hydrogen-bond donors (Lipinski definition) is 3. The number of benzene rings is 1. The molecule has 0 radical (unpaired) electrons. The Hall–Kier alpha value is -3.48. The predicted octanol–water partition coefficient (Wildman–Crippen LogP) is 1.06. The van der Waals surface area contributed by atoms with E-state index in [2.05, 4.69) is 11.2 Å². The van der Waals surface area contributed by atoms with Gasteiger partial charge in [0.1, 0.15) is 5.82 Å². The number of nitrogens with one attached hydrogen (secondary N) is 1. The van der Waals surface area contributed by atoms with Gasteiger partial charge < -0.3 is 24.7 Å². The van der Waals surface area contributed by atoms with Crippen LogP contribution in [0.3, 0.4) is 0 Å². The smallest absolute Gasteiger partial charge is 0.289 e. The lowest BCUT2D eigenvalue weighted by molar-refractivity contribution is 0.0805. The zero-order valence-electron chi connectivity index (χ0n) is 15.3. The monoisotopic (exact) mass is 401 g/mol. The molecule has 0 aliphatic heterocycles.